The summed E-state index contributed by atoms with van der Waals surface area (Å²) >= 11 is 1.56. The Morgan fingerprint density at radius 2 is 1.90 bits per heavy atom. The van der Waals surface area contributed by atoms with Crippen LogP contribution < -0.4 is 10.1 Å². The number of nitrogens with one attached hydrogen (secondary N) is 1. The molecule has 2 aromatic rings. The van der Waals surface area contributed by atoms with Crippen molar-refractivity contribution < 1.29 is 9.13 Å². The summed E-state index contributed by atoms with van der Waals surface area (Å²) in [5.74, 6) is 0.658. The van der Waals surface area contributed by atoms with Crippen LogP contribution in [0.25, 0.3) is 0 Å². The average molecular weight is 291 g/mol. The van der Waals surface area contributed by atoms with Crippen LogP contribution in [0.3, 0.4) is 0 Å². The summed E-state index contributed by atoms with van der Waals surface area (Å²) in [7, 11) is 1.64. The van der Waals surface area contributed by atoms with E-state index in [0.717, 1.165) is 27.6 Å². The largest absolute Gasteiger partial charge is 0.497 e. The number of hydrogen-bond donors (Lipinski definition) is 1. The molecule has 1 N–H and O–H groups in total. The Hall–Kier alpha value is -1.52. The van der Waals surface area contributed by atoms with Gasteiger partial charge in [0.15, 0.2) is 0 Å². The second-order valence-corrected chi connectivity index (χ2v) is 5.39. The van der Waals surface area contributed by atoms with Crippen LogP contribution >= 0.6 is 11.8 Å². The Balaban J connectivity index is 2.20. The highest BCUT2D eigenvalue weighted by Gasteiger charge is 2.09. The molecule has 0 heterocycles. The van der Waals surface area contributed by atoms with Gasteiger partial charge in [0, 0.05) is 21.9 Å². The smallest absolute Gasteiger partial charge is 0.128 e. The van der Waals surface area contributed by atoms with Gasteiger partial charge in [0.05, 0.1) is 7.11 Å². The number of rotatable bonds is 6. The summed E-state index contributed by atoms with van der Waals surface area (Å²) in [6.45, 7) is 3.37. The van der Waals surface area contributed by atoms with Gasteiger partial charge in [-0.25, -0.2) is 4.39 Å². The van der Waals surface area contributed by atoms with Crippen LogP contribution in [0, 0.1) is 5.82 Å². The lowest BCUT2D eigenvalue weighted by molar-refractivity contribution is 0.414. The SMILES string of the molecule is CCNCc1c(F)cccc1Sc1ccc(OC)cc1. The average Bonchev–Trinajstić information content (AvgIpc) is 2.47. The molecule has 20 heavy (non-hydrogen) atoms. The van der Waals surface area contributed by atoms with Gasteiger partial charge >= 0.3 is 0 Å². The molecule has 0 saturated heterocycles. The molecule has 0 radical (unpaired) electrons. The topological polar surface area (TPSA) is 21.3 Å². The van der Waals surface area contributed by atoms with E-state index in [9.17, 15) is 4.39 Å². The monoisotopic (exact) mass is 291 g/mol. The Labute approximate surface area is 123 Å². The van der Waals surface area contributed by atoms with Gasteiger partial charge in [0.2, 0.25) is 0 Å². The van der Waals surface area contributed by atoms with E-state index in [1.165, 1.54) is 6.07 Å². The highest BCUT2D eigenvalue weighted by atomic mass is 32.2. The van der Waals surface area contributed by atoms with Crippen molar-refractivity contribution in [3.8, 4) is 5.75 Å². The van der Waals surface area contributed by atoms with Crippen LogP contribution in [0.5, 0.6) is 5.75 Å². The zero-order valence-electron chi connectivity index (χ0n) is 11.7. The van der Waals surface area contributed by atoms with Gasteiger partial charge in [-0.1, -0.05) is 24.8 Å². The number of ether oxygens (including phenoxy) is 1. The molecule has 0 saturated carbocycles. The maximum absolute atomic E-state index is 13.9. The van der Waals surface area contributed by atoms with E-state index in [4.69, 9.17) is 4.74 Å². The van der Waals surface area contributed by atoms with Crippen molar-refractivity contribution in [2.24, 2.45) is 0 Å². The van der Waals surface area contributed by atoms with E-state index >= 15 is 0 Å². The van der Waals surface area contributed by atoms with Gasteiger partial charge in [-0.3, -0.25) is 0 Å². The molecular weight excluding hydrogens is 273 g/mol. The van der Waals surface area contributed by atoms with E-state index in [0.29, 0.717) is 6.54 Å². The van der Waals surface area contributed by atoms with E-state index in [1.54, 1.807) is 24.9 Å². The van der Waals surface area contributed by atoms with Crippen LogP contribution in [0.2, 0.25) is 0 Å². The van der Waals surface area contributed by atoms with Crippen LogP contribution in [0.15, 0.2) is 52.3 Å². The lowest BCUT2D eigenvalue weighted by Gasteiger charge is -2.11. The predicted molar refractivity (Wildman–Crippen MR) is 80.9 cm³/mol. The summed E-state index contributed by atoms with van der Waals surface area (Å²) in [5, 5.41) is 3.18. The number of halogens is 1. The van der Waals surface area contributed by atoms with Gasteiger partial charge in [-0.05, 0) is 42.9 Å². The lowest BCUT2D eigenvalue weighted by Crippen LogP contribution is -2.13. The molecule has 2 aromatic carbocycles. The van der Waals surface area contributed by atoms with Gasteiger partial charge in [0.25, 0.3) is 0 Å². The maximum atomic E-state index is 13.9. The van der Waals surface area contributed by atoms with E-state index in [1.807, 2.05) is 37.3 Å². The fourth-order valence-corrected chi connectivity index (χ4v) is 2.79. The molecule has 0 atom stereocenters. The summed E-state index contributed by atoms with van der Waals surface area (Å²) < 4.78 is 19.1. The Bertz CT molecular complexity index is 557. The third-order valence-electron chi connectivity index (χ3n) is 2.91. The van der Waals surface area contributed by atoms with Crippen molar-refractivity contribution >= 4 is 11.8 Å². The normalized spacial score (nSPS) is 10.6. The highest BCUT2D eigenvalue weighted by molar-refractivity contribution is 7.99. The van der Waals surface area contributed by atoms with Crippen molar-refractivity contribution in [2.45, 2.75) is 23.3 Å². The first-order valence-electron chi connectivity index (χ1n) is 6.54. The molecular formula is C16H18FNOS. The van der Waals surface area contributed by atoms with Gasteiger partial charge in [0.1, 0.15) is 11.6 Å². The van der Waals surface area contributed by atoms with Gasteiger partial charge in [-0.2, -0.15) is 0 Å². The maximum Gasteiger partial charge on any atom is 0.128 e. The van der Waals surface area contributed by atoms with E-state index in [2.05, 4.69) is 5.32 Å². The summed E-state index contributed by atoms with van der Waals surface area (Å²) in [6, 6.07) is 13.0. The molecule has 2 rings (SSSR count). The molecule has 0 fully saturated rings. The van der Waals surface area contributed by atoms with E-state index < -0.39 is 0 Å². The highest BCUT2D eigenvalue weighted by Crippen LogP contribution is 2.32. The summed E-state index contributed by atoms with van der Waals surface area (Å²) in [5.41, 5.74) is 0.718. The minimum Gasteiger partial charge on any atom is -0.497 e. The second kappa shape index (κ2) is 7.31. The molecule has 0 spiro atoms. The molecule has 4 heteroatoms. The van der Waals surface area contributed by atoms with E-state index in [-0.39, 0.29) is 5.82 Å². The molecule has 0 aliphatic heterocycles. The van der Waals surface area contributed by atoms with Crippen LogP contribution in [-0.4, -0.2) is 13.7 Å². The minimum absolute atomic E-state index is 0.163. The zero-order valence-corrected chi connectivity index (χ0v) is 12.5. The first-order valence-corrected chi connectivity index (χ1v) is 7.36. The molecule has 2 nitrogen and oxygen atoms in total. The summed E-state index contributed by atoms with van der Waals surface area (Å²) in [6.07, 6.45) is 0. The zero-order chi connectivity index (χ0) is 14.4. The fourth-order valence-electron chi connectivity index (χ4n) is 1.83. The van der Waals surface area contributed by atoms with Crippen molar-refractivity contribution in [3.05, 3.63) is 53.8 Å². The molecule has 0 unspecified atom stereocenters. The Morgan fingerprint density at radius 1 is 1.15 bits per heavy atom. The van der Waals surface area contributed by atoms with Crippen molar-refractivity contribution in [1.29, 1.82) is 0 Å². The molecule has 0 aromatic heterocycles. The number of benzene rings is 2. The van der Waals surface area contributed by atoms with Gasteiger partial charge in [-0.15, -0.1) is 0 Å². The Morgan fingerprint density at radius 3 is 2.55 bits per heavy atom. The molecule has 0 amide bonds. The molecule has 0 aliphatic rings. The van der Waals surface area contributed by atoms with Gasteiger partial charge < -0.3 is 10.1 Å². The van der Waals surface area contributed by atoms with Crippen molar-refractivity contribution in [3.63, 3.8) is 0 Å². The quantitative estimate of drug-likeness (QED) is 0.866. The Kier molecular flexibility index (Phi) is 5.44. The van der Waals surface area contributed by atoms with Crippen LogP contribution in [-0.2, 0) is 6.54 Å². The fraction of sp³-hybridized carbons (Fsp3) is 0.250. The third-order valence-corrected chi connectivity index (χ3v) is 4.03. The molecule has 0 aliphatic carbocycles. The standard InChI is InChI=1S/C16H18FNOS/c1-3-18-11-14-15(17)5-4-6-16(14)20-13-9-7-12(19-2)8-10-13/h4-10,18H,3,11H2,1-2H3. The molecule has 106 valence electrons. The number of hydrogen-bond acceptors (Lipinski definition) is 3. The van der Waals surface area contributed by atoms with Crippen molar-refractivity contribution in [1.82, 2.24) is 5.32 Å². The predicted octanol–water partition coefficient (Wildman–Crippen LogP) is 4.10. The minimum atomic E-state index is -0.163. The van der Waals surface area contributed by atoms with Crippen LogP contribution in [0.1, 0.15) is 12.5 Å². The lowest BCUT2D eigenvalue weighted by atomic mass is 10.2. The number of methoxy groups -OCH3 is 1. The first-order chi connectivity index (χ1) is 9.74. The second-order valence-electron chi connectivity index (χ2n) is 4.27. The van der Waals surface area contributed by atoms with Crippen LogP contribution in [0.4, 0.5) is 4.39 Å². The summed E-state index contributed by atoms with van der Waals surface area (Å²) in [4.78, 5) is 2.00. The molecule has 0 bridgehead atoms. The van der Waals surface area contributed by atoms with Crippen molar-refractivity contribution in [2.75, 3.05) is 13.7 Å². The third kappa shape index (κ3) is 3.74. The first kappa shape index (κ1) is 14.9.